The molecule has 1 aromatic heterocycles. The second-order valence-electron chi connectivity index (χ2n) is 5.43. The van der Waals surface area contributed by atoms with E-state index in [1.165, 1.54) is 0 Å². The van der Waals surface area contributed by atoms with Gasteiger partial charge in [0, 0.05) is 24.2 Å². The summed E-state index contributed by atoms with van der Waals surface area (Å²) >= 11 is 0. The van der Waals surface area contributed by atoms with Crippen molar-refractivity contribution in [3.63, 3.8) is 0 Å². The normalized spacial score (nSPS) is 20.6. The molecule has 1 aliphatic heterocycles. The molecule has 2 heterocycles. The third kappa shape index (κ3) is 3.88. The van der Waals surface area contributed by atoms with Gasteiger partial charge in [0.2, 0.25) is 0 Å². The van der Waals surface area contributed by atoms with Crippen LogP contribution in [0.3, 0.4) is 0 Å². The third-order valence-electron chi connectivity index (χ3n) is 4.03. The fourth-order valence-corrected chi connectivity index (χ4v) is 2.72. The van der Waals surface area contributed by atoms with Crippen molar-refractivity contribution >= 4 is 41.5 Å². The van der Waals surface area contributed by atoms with Crippen LogP contribution in [-0.4, -0.2) is 30.0 Å². The maximum atomic E-state index is 12.5. The molecule has 2 N–H and O–H groups in total. The molecule has 1 saturated heterocycles. The molecule has 3 rings (SSSR count). The molecule has 4 nitrogen and oxygen atoms in total. The van der Waals surface area contributed by atoms with Gasteiger partial charge in [0.05, 0.1) is 0 Å². The fraction of sp³-hybridized carbons (Fsp3) is 0.375. The highest BCUT2D eigenvalue weighted by Gasteiger charge is 2.24. The number of piperidine rings is 1. The number of pyridine rings is 1. The maximum Gasteiger partial charge on any atom is 0.270 e. The van der Waals surface area contributed by atoms with Crippen LogP contribution in [0.15, 0.2) is 36.5 Å². The number of rotatable bonds is 2. The number of hydrogen-bond acceptors (Lipinski definition) is 3. The molecule has 0 radical (unpaired) electrons. The molecular weight excluding hydrogens is 321 g/mol. The number of fused-ring (bicyclic) bond motifs is 1. The molecule has 0 saturated carbocycles. The predicted octanol–water partition coefficient (Wildman–Crippen LogP) is 2.81. The van der Waals surface area contributed by atoms with Crippen molar-refractivity contribution in [1.29, 1.82) is 0 Å². The van der Waals surface area contributed by atoms with Crippen molar-refractivity contribution < 1.29 is 4.79 Å². The van der Waals surface area contributed by atoms with Gasteiger partial charge in [0.25, 0.3) is 5.91 Å². The van der Waals surface area contributed by atoms with Crippen LogP contribution in [0.1, 0.15) is 23.8 Å². The number of halogens is 2. The molecule has 0 bridgehead atoms. The average molecular weight is 342 g/mol. The van der Waals surface area contributed by atoms with E-state index in [9.17, 15) is 4.79 Å². The summed E-state index contributed by atoms with van der Waals surface area (Å²) in [5.74, 6) is 0.414. The van der Waals surface area contributed by atoms with Crippen LogP contribution in [-0.2, 0) is 0 Å². The molecular formula is C16H21Cl2N3O. The molecule has 2 aromatic rings. The minimum atomic E-state index is -0.0812. The summed E-state index contributed by atoms with van der Waals surface area (Å²) in [6.07, 6.45) is 2.79. The van der Waals surface area contributed by atoms with Crippen LogP contribution >= 0.6 is 24.8 Å². The first-order valence-corrected chi connectivity index (χ1v) is 7.11. The van der Waals surface area contributed by atoms with E-state index in [0.29, 0.717) is 11.6 Å². The first-order chi connectivity index (χ1) is 9.75. The van der Waals surface area contributed by atoms with Gasteiger partial charge < -0.3 is 10.6 Å². The number of aromatic nitrogens is 1. The monoisotopic (exact) mass is 341 g/mol. The van der Waals surface area contributed by atoms with Crippen LogP contribution < -0.4 is 10.6 Å². The zero-order valence-corrected chi connectivity index (χ0v) is 14.0. The maximum absolute atomic E-state index is 12.5. The highest BCUT2D eigenvalue weighted by atomic mass is 35.5. The standard InChI is InChI=1S/C16H19N3O.2ClH/c1-11-6-8-17-10-14(11)19-16(20)15-13-5-3-2-4-12(13)7-9-18-15;;/h2-5,7,9,11,14,17H,6,8,10H2,1H3,(H,19,20);2*1H. The van der Waals surface area contributed by atoms with Gasteiger partial charge in [-0.05, 0) is 30.3 Å². The van der Waals surface area contributed by atoms with E-state index in [2.05, 4.69) is 22.5 Å². The van der Waals surface area contributed by atoms with Gasteiger partial charge in [-0.25, -0.2) is 0 Å². The molecule has 22 heavy (non-hydrogen) atoms. The Labute approximate surface area is 142 Å². The minimum Gasteiger partial charge on any atom is -0.346 e. The van der Waals surface area contributed by atoms with Crippen molar-refractivity contribution in [2.24, 2.45) is 5.92 Å². The molecule has 0 aliphatic carbocycles. The molecule has 1 aromatic carbocycles. The van der Waals surface area contributed by atoms with Crippen LogP contribution in [0.5, 0.6) is 0 Å². The average Bonchev–Trinajstić information content (AvgIpc) is 2.49. The minimum absolute atomic E-state index is 0. The number of benzene rings is 1. The van der Waals surface area contributed by atoms with E-state index in [1.54, 1.807) is 6.20 Å². The number of carbonyl (C=O) groups is 1. The Hall–Kier alpha value is -1.36. The Morgan fingerprint density at radius 2 is 2.05 bits per heavy atom. The van der Waals surface area contributed by atoms with Crippen LogP contribution in [0.4, 0.5) is 0 Å². The van der Waals surface area contributed by atoms with Crippen molar-refractivity contribution in [2.75, 3.05) is 13.1 Å². The van der Waals surface area contributed by atoms with Gasteiger partial charge in [-0.3, -0.25) is 9.78 Å². The first-order valence-electron chi connectivity index (χ1n) is 7.11. The van der Waals surface area contributed by atoms with Crippen molar-refractivity contribution in [3.8, 4) is 0 Å². The summed E-state index contributed by atoms with van der Waals surface area (Å²) < 4.78 is 0. The quantitative estimate of drug-likeness (QED) is 0.882. The Balaban J connectivity index is 0.00000121. The summed E-state index contributed by atoms with van der Waals surface area (Å²) in [7, 11) is 0. The van der Waals surface area contributed by atoms with E-state index in [-0.39, 0.29) is 36.8 Å². The van der Waals surface area contributed by atoms with Gasteiger partial charge in [0.15, 0.2) is 0 Å². The van der Waals surface area contributed by atoms with Crippen LogP contribution in [0.2, 0.25) is 0 Å². The lowest BCUT2D eigenvalue weighted by molar-refractivity contribution is 0.0912. The lowest BCUT2D eigenvalue weighted by Crippen LogP contribution is -2.50. The van der Waals surface area contributed by atoms with Gasteiger partial charge in [0.1, 0.15) is 5.69 Å². The lowest BCUT2D eigenvalue weighted by Gasteiger charge is -2.30. The molecule has 6 heteroatoms. The van der Waals surface area contributed by atoms with Crippen molar-refractivity contribution in [3.05, 3.63) is 42.2 Å². The molecule has 1 aliphatic rings. The van der Waals surface area contributed by atoms with Crippen LogP contribution in [0.25, 0.3) is 10.8 Å². The highest BCUT2D eigenvalue weighted by Crippen LogP contribution is 2.17. The van der Waals surface area contributed by atoms with Crippen LogP contribution in [0, 0.1) is 5.92 Å². The number of nitrogens with one attached hydrogen (secondary N) is 2. The summed E-state index contributed by atoms with van der Waals surface area (Å²) in [5, 5.41) is 8.39. The van der Waals surface area contributed by atoms with Crippen molar-refractivity contribution in [1.82, 2.24) is 15.6 Å². The largest absolute Gasteiger partial charge is 0.346 e. The third-order valence-corrected chi connectivity index (χ3v) is 4.03. The SMILES string of the molecule is CC1CCNCC1NC(=O)c1nccc2ccccc12.Cl.Cl. The topological polar surface area (TPSA) is 54.0 Å². The Morgan fingerprint density at radius 1 is 1.27 bits per heavy atom. The molecule has 2 unspecified atom stereocenters. The first kappa shape index (κ1) is 18.7. The number of hydrogen-bond donors (Lipinski definition) is 2. The smallest absolute Gasteiger partial charge is 0.270 e. The summed E-state index contributed by atoms with van der Waals surface area (Å²) in [6.45, 7) is 4.04. The van der Waals surface area contributed by atoms with E-state index in [1.807, 2.05) is 30.3 Å². The second-order valence-corrected chi connectivity index (χ2v) is 5.43. The lowest BCUT2D eigenvalue weighted by atomic mass is 9.94. The van der Waals surface area contributed by atoms with Gasteiger partial charge >= 0.3 is 0 Å². The number of carbonyl (C=O) groups excluding carboxylic acids is 1. The van der Waals surface area contributed by atoms with Gasteiger partial charge in [-0.1, -0.05) is 31.2 Å². The Morgan fingerprint density at radius 3 is 2.82 bits per heavy atom. The summed E-state index contributed by atoms with van der Waals surface area (Å²) in [5.41, 5.74) is 0.515. The highest BCUT2D eigenvalue weighted by molar-refractivity contribution is 6.05. The molecule has 1 amide bonds. The Bertz CT molecular complexity index is 630. The number of amides is 1. The zero-order valence-electron chi connectivity index (χ0n) is 12.4. The zero-order chi connectivity index (χ0) is 13.9. The summed E-state index contributed by atoms with van der Waals surface area (Å²) in [4.78, 5) is 16.7. The summed E-state index contributed by atoms with van der Waals surface area (Å²) in [6, 6.07) is 9.95. The van der Waals surface area contributed by atoms with Crippen molar-refractivity contribution in [2.45, 2.75) is 19.4 Å². The van der Waals surface area contributed by atoms with E-state index < -0.39 is 0 Å². The van der Waals surface area contributed by atoms with E-state index in [0.717, 1.165) is 30.3 Å². The predicted molar refractivity (Wildman–Crippen MR) is 94.1 cm³/mol. The molecule has 120 valence electrons. The molecule has 0 spiro atoms. The number of nitrogens with zero attached hydrogens (tertiary/aromatic N) is 1. The van der Waals surface area contributed by atoms with Gasteiger partial charge in [-0.15, -0.1) is 24.8 Å². The fourth-order valence-electron chi connectivity index (χ4n) is 2.72. The van der Waals surface area contributed by atoms with E-state index >= 15 is 0 Å². The Kier molecular flexibility index (Phi) is 7.07. The molecule has 2 atom stereocenters. The molecule has 1 fully saturated rings. The van der Waals surface area contributed by atoms with Gasteiger partial charge in [-0.2, -0.15) is 0 Å². The second kappa shape index (κ2) is 8.32. The van der Waals surface area contributed by atoms with E-state index in [4.69, 9.17) is 0 Å².